The fraction of sp³-hybridized carbons (Fsp3) is 0.333. The first-order valence-corrected chi connectivity index (χ1v) is 6.57. The van der Waals surface area contributed by atoms with E-state index < -0.39 is 12.1 Å². The number of benzene rings is 1. The zero-order valence-corrected chi connectivity index (χ0v) is 12.2. The Hall–Kier alpha value is -2.34. The molecule has 1 unspecified atom stereocenters. The third-order valence-corrected chi connectivity index (χ3v) is 3.50. The van der Waals surface area contributed by atoms with Gasteiger partial charge >= 0.3 is 5.97 Å². The van der Waals surface area contributed by atoms with Crippen molar-refractivity contribution >= 4 is 22.8 Å². The molecule has 1 aromatic carbocycles. The lowest BCUT2D eigenvalue weighted by molar-refractivity contribution is -0.149. The molecule has 0 aliphatic heterocycles. The molecule has 0 spiro atoms. The van der Waals surface area contributed by atoms with E-state index in [0.29, 0.717) is 5.56 Å². The molecule has 1 atom stereocenters. The Kier molecular flexibility index (Phi) is 4.28. The first-order chi connectivity index (χ1) is 9.93. The maximum Gasteiger partial charge on any atom is 0.336 e. The van der Waals surface area contributed by atoms with Crippen LogP contribution in [0, 0.1) is 13.8 Å². The van der Waals surface area contributed by atoms with Crippen molar-refractivity contribution in [2.75, 3.05) is 13.7 Å². The number of methoxy groups -OCH3 is 1. The zero-order chi connectivity index (χ0) is 15.6. The molecule has 0 aliphatic carbocycles. The molecule has 0 radical (unpaired) electrons. The normalized spacial score (nSPS) is 12.2. The molecular formula is C15H18N2O4. The number of rotatable bonds is 4. The minimum atomic E-state index is -1.36. The number of esters is 1. The summed E-state index contributed by atoms with van der Waals surface area (Å²) < 4.78 is 4.38. The highest BCUT2D eigenvalue weighted by atomic mass is 16.5. The molecule has 6 nitrogen and oxygen atoms in total. The summed E-state index contributed by atoms with van der Waals surface area (Å²) in [5, 5.41) is 12.9. The molecule has 0 bridgehead atoms. The van der Waals surface area contributed by atoms with Gasteiger partial charge in [-0.25, -0.2) is 4.79 Å². The molecule has 0 saturated heterocycles. The van der Waals surface area contributed by atoms with E-state index in [1.807, 2.05) is 19.9 Å². The molecule has 0 fully saturated rings. The number of hydrogen-bond donors (Lipinski definition) is 3. The molecular weight excluding hydrogens is 272 g/mol. The van der Waals surface area contributed by atoms with Crippen molar-refractivity contribution in [2.24, 2.45) is 0 Å². The molecule has 1 aromatic heterocycles. The van der Waals surface area contributed by atoms with Gasteiger partial charge in [-0.3, -0.25) is 4.79 Å². The first kappa shape index (κ1) is 15.1. The second kappa shape index (κ2) is 5.97. The van der Waals surface area contributed by atoms with Gasteiger partial charge in [0, 0.05) is 22.2 Å². The van der Waals surface area contributed by atoms with Crippen molar-refractivity contribution in [3.8, 4) is 0 Å². The van der Waals surface area contributed by atoms with E-state index in [2.05, 4.69) is 15.0 Å². The molecule has 2 aromatic rings. The number of ether oxygens (including phenoxy) is 1. The Labute approximate surface area is 122 Å². The van der Waals surface area contributed by atoms with Gasteiger partial charge in [0.2, 0.25) is 0 Å². The summed E-state index contributed by atoms with van der Waals surface area (Å²) >= 11 is 0. The molecule has 6 heteroatoms. The number of hydrogen-bond acceptors (Lipinski definition) is 4. The number of carbonyl (C=O) groups is 2. The minimum Gasteiger partial charge on any atom is -0.467 e. The van der Waals surface area contributed by atoms with Crippen LogP contribution in [0.4, 0.5) is 0 Å². The summed E-state index contributed by atoms with van der Waals surface area (Å²) in [6.45, 7) is 3.77. The van der Waals surface area contributed by atoms with Gasteiger partial charge in [-0.05, 0) is 37.6 Å². The number of fused-ring (bicyclic) bond motifs is 1. The van der Waals surface area contributed by atoms with Crippen LogP contribution in [-0.2, 0) is 9.53 Å². The van der Waals surface area contributed by atoms with Gasteiger partial charge < -0.3 is 20.1 Å². The van der Waals surface area contributed by atoms with Crippen LogP contribution in [-0.4, -0.2) is 41.7 Å². The predicted molar refractivity (Wildman–Crippen MR) is 78.1 cm³/mol. The fourth-order valence-electron chi connectivity index (χ4n) is 2.11. The predicted octanol–water partition coefficient (Wildman–Crippen LogP) is 1.05. The maximum atomic E-state index is 12.0. The van der Waals surface area contributed by atoms with Crippen molar-refractivity contribution in [2.45, 2.75) is 20.0 Å². The van der Waals surface area contributed by atoms with E-state index in [-0.39, 0.29) is 12.5 Å². The third-order valence-electron chi connectivity index (χ3n) is 3.50. The number of amides is 1. The average molecular weight is 290 g/mol. The monoisotopic (exact) mass is 290 g/mol. The lowest BCUT2D eigenvalue weighted by Crippen LogP contribution is -2.37. The Morgan fingerprint density at radius 1 is 1.38 bits per heavy atom. The number of nitrogens with one attached hydrogen (secondary N) is 2. The Morgan fingerprint density at radius 2 is 2.10 bits per heavy atom. The lowest BCUT2D eigenvalue weighted by atomic mass is 10.1. The van der Waals surface area contributed by atoms with Gasteiger partial charge in [0.05, 0.1) is 13.7 Å². The average Bonchev–Trinajstić information content (AvgIpc) is 2.78. The molecule has 1 heterocycles. The topological polar surface area (TPSA) is 91.4 Å². The molecule has 2 rings (SSSR count). The highest BCUT2D eigenvalue weighted by molar-refractivity contribution is 5.99. The van der Waals surface area contributed by atoms with Crippen LogP contribution in [0.25, 0.3) is 10.9 Å². The number of carbonyl (C=O) groups excluding carboxylic acids is 2. The third kappa shape index (κ3) is 3.05. The highest BCUT2D eigenvalue weighted by Crippen LogP contribution is 2.22. The van der Waals surface area contributed by atoms with E-state index in [9.17, 15) is 14.7 Å². The van der Waals surface area contributed by atoms with Crippen molar-refractivity contribution in [3.63, 3.8) is 0 Å². The number of aromatic amines is 1. The van der Waals surface area contributed by atoms with E-state index >= 15 is 0 Å². The van der Waals surface area contributed by atoms with Crippen LogP contribution in [0.5, 0.6) is 0 Å². The van der Waals surface area contributed by atoms with Gasteiger partial charge in [-0.1, -0.05) is 0 Å². The molecule has 21 heavy (non-hydrogen) atoms. The van der Waals surface area contributed by atoms with Crippen molar-refractivity contribution < 1.29 is 19.4 Å². The summed E-state index contributed by atoms with van der Waals surface area (Å²) in [7, 11) is 1.18. The summed E-state index contributed by atoms with van der Waals surface area (Å²) in [6, 6.07) is 5.31. The quantitative estimate of drug-likeness (QED) is 0.734. The van der Waals surface area contributed by atoms with E-state index in [4.69, 9.17) is 0 Å². The summed E-state index contributed by atoms with van der Waals surface area (Å²) in [5.74, 6) is -1.12. The van der Waals surface area contributed by atoms with Crippen LogP contribution < -0.4 is 5.32 Å². The first-order valence-electron chi connectivity index (χ1n) is 6.57. The second-order valence-corrected chi connectivity index (χ2v) is 4.88. The van der Waals surface area contributed by atoms with E-state index in [0.717, 1.165) is 22.2 Å². The zero-order valence-electron chi connectivity index (χ0n) is 12.2. The summed E-state index contributed by atoms with van der Waals surface area (Å²) in [6.07, 6.45) is -1.36. The van der Waals surface area contributed by atoms with Crippen molar-refractivity contribution in [3.05, 3.63) is 35.0 Å². The second-order valence-electron chi connectivity index (χ2n) is 4.88. The Balaban J connectivity index is 2.12. The SMILES string of the molecule is COC(=O)C(O)CNC(=O)c1ccc2[nH]c(C)c(C)c2c1. The van der Waals surface area contributed by atoms with E-state index in [1.165, 1.54) is 7.11 Å². The number of aliphatic hydroxyl groups is 1. The smallest absolute Gasteiger partial charge is 0.336 e. The van der Waals surface area contributed by atoms with Gasteiger partial charge in [0.1, 0.15) is 0 Å². The van der Waals surface area contributed by atoms with E-state index in [1.54, 1.807) is 12.1 Å². The number of aliphatic hydroxyl groups excluding tert-OH is 1. The van der Waals surface area contributed by atoms with Crippen LogP contribution in [0.1, 0.15) is 21.6 Å². The van der Waals surface area contributed by atoms with Gasteiger partial charge in [-0.15, -0.1) is 0 Å². The van der Waals surface area contributed by atoms with Crippen molar-refractivity contribution in [1.82, 2.24) is 10.3 Å². The number of aromatic nitrogens is 1. The largest absolute Gasteiger partial charge is 0.467 e. The summed E-state index contributed by atoms with van der Waals surface area (Å²) in [5.41, 5.74) is 3.59. The van der Waals surface area contributed by atoms with Gasteiger partial charge in [0.25, 0.3) is 5.91 Å². The van der Waals surface area contributed by atoms with Crippen LogP contribution in [0.2, 0.25) is 0 Å². The number of H-pyrrole nitrogens is 1. The van der Waals surface area contributed by atoms with Crippen LogP contribution in [0.15, 0.2) is 18.2 Å². The van der Waals surface area contributed by atoms with Crippen LogP contribution in [0.3, 0.4) is 0 Å². The maximum absolute atomic E-state index is 12.0. The standard InChI is InChI=1S/C15H18N2O4/c1-8-9(2)17-12-5-4-10(6-11(8)12)14(19)16-7-13(18)15(20)21-3/h4-6,13,17-18H,7H2,1-3H3,(H,16,19). The lowest BCUT2D eigenvalue weighted by Gasteiger charge is -2.09. The van der Waals surface area contributed by atoms with Gasteiger partial charge in [0.15, 0.2) is 6.10 Å². The Bertz CT molecular complexity index is 690. The molecule has 3 N–H and O–H groups in total. The van der Waals surface area contributed by atoms with Gasteiger partial charge in [-0.2, -0.15) is 0 Å². The fourth-order valence-corrected chi connectivity index (χ4v) is 2.11. The van der Waals surface area contributed by atoms with Crippen molar-refractivity contribution in [1.29, 1.82) is 0 Å². The highest BCUT2D eigenvalue weighted by Gasteiger charge is 2.17. The molecule has 0 saturated carbocycles. The summed E-state index contributed by atoms with van der Waals surface area (Å²) in [4.78, 5) is 26.3. The molecule has 0 aliphatic rings. The van der Waals surface area contributed by atoms with Crippen LogP contribution >= 0.6 is 0 Å². The number of aryl methyl sites for hydroxylation is 2. The molecule has 112 valence electrons. The minimum absolute atomic E-state index is 0.186. The molecule has 1 amide bonds. The Morgan fingerprint density at radius 3 is 2.76 bits per heavy atom.